The van der Waals surface area contributed by atoms with Crippen molar-refractivity contribution in [3.05, 3.63) is 24.3 Å². The zero-order valence-electron chi connectivity index (χ0n) is 21.7. The number of unbranched alkanes of at least 4 members (excludes halogenated alkanes) is 2. The smallest absolute Gasteiger partial charge is 0.335 e. The Bertz CT molecular complexity index is 653. The van der Waals surface area contributed by atoms with Crippen molar-refractivity contribution in [2.24, 2.45) is 23.7 Å². The summed E-state index contributed by atoms with van der Waals surface area (Å²) in [5, 5.41) is 9.00. The second kappa shape index (κ2) is 15.4. The molecule has 194 valence electrons. The van der Waals surface area contributed by atoms with Gasteiger partial charge in [-0.3, -0.25) is 0 Å². The van der Waals surface area contributed by atoms with Crippen molar-refractivity contribution in [2.45, 2.75) is 110 Å². The maximum absolute atomic E-state index is 12.1. The molecule has 5 nitrogen and oxygen atoms in total. The van der Waals surface area contributed by atoms with Crippen LogP contribution in [0.15, 0.2) is 24.3 Å². The van der Waals surface area contributed by atoms with Crippen LogP contribution >= 0.6 is 0 Å². The summed E-state index contributed by atoms with van der Waals surface area (Å²) in [5.74, 6) is 2.27. The van der Waals surface area contributed by atoms with Gasteiger partial charge in [-0.2, -0.15) is 0 Å². The van der Waals surface area contributed by atoms with E-state index in [9.17, 15) is 9.59 Å². The molecule has 0 aromatic heterocycles. The van der Waals surface area contributed by atoms with Gasteiger partial charge in [0.25, 0.3) is 0 Å². The van der Waals surface area contributed by atoms with E-state index in [1.165, 1.54) is 77.0 Å². The van der Waals surface area contributed by atoms with Gasteiger partial charge in [-0.15, -0.1) is 0 Å². The maximum Gasteiger partial charge on any atom is 0.335 e. The molecule has 0 aromatic rings. The van der Waals surface area contributed by atoms with Crippen molar-refractivity contribution >= 4 is 11.9 Å². The molecule has 0 bridgehead atoms. The minimum atomic E-state index is -0.604. The van der Waals surface area contributed by atoms with Crippen molar-refractivity contribution < 1.29 is 24.2 Å². The molecule has 2 aliphatic carbocycles. The lowest BCUT2D eigenvalue weighted by molar-refractivity contribution is -0.147. The summed E-state index contributed by atoms with van der Waals surface area (Å²) in [4.78, 5) is 23.9. The van der Waals surface area contributed by atoms with E-state index < -0.39 is 12.6 Å². The normalized spacial score (nSPS) is 25.9. The van der Waals surface area contributed by atoms with Gasteiger partial charge in [-0.1, -0.05) is 71.4 Å². The number of carbonyl (C=O) groups excluding carboxylic acids is 2. The fraction of sp³-hybridized carbons (Fsp3) is 0.793. The molecule has 2 aliphatic rings. The second-order valence-corrected chi connectivity index (χ2v) is 10.8. The van der Waals surface area contributed by atoms with Gasteiger partial charge >= 0.3 is 11.9 Å². The molecule has 0 spiro atoms. The van der Waals surface area contributed by atoms with Gasteiger partial charge in [-0.25, -0.2) is 9.59 Å². The molecule has 0 aromatic carbocycles. The minimum Gasteiger partial charge on any atom is -0.462 e. The van der Waals surface area contributed by atoms with Crippen molar-refractivity contribution in [2.75, 3.05) is 13.2 Å². The first kappa shape index (κ1) is 28.6. The van der Waals surface area contributed by atoms with Crippen molar-refractivity contribution in [3.8, 4) is 0 Å². The molecule has 2 rings (SSSR count). The quantitative estimate of drug-likeness (QED) is 0.175. The summed E-state index contributed by atoms with van der Waals surface area (Å²) in [7, 11) is 0. The molecule has 2 fully saturated rings. The summed E-state index contributed by atoms with van der Waals surface area (Å²) >= 11 is 0. The first-order chi connectivity index (χ1) is 16.3. The Balaban J connectivity index is 1.76. The van der Waals surface area contributed by atoms with Crippen LogP contribution in [0.1, 0.15) is 104 Å². The Kier molecular flexibility index (Phi) is 13.0. The third kappa shape index (κ3) is 9.93. The number of carbonyl (C=O) groups is 2. The van der Waals surface area contributed by atoms with Crippen molar-refractivity contribution in [1.29, 1.82) is 0 Å². The van der Waals surface area contributed by atoms with Gasteiger partial charge in [0, 0.05) is 12.0 Å². The molecule has 0 radical (unpaired) electrons. The molecule has 0 amide bonds. The average molecular weight is 477 g/mol. The van der Waals surface area contributed by atoms with Crippen LogP contribution < -0.4 is 0 Å². The zero-order valence-corrected chi connectivity index (χ0v) is 21.7. The number of rotatable bonds is 14. The molecule has 1 atom stereocenters. The fourth-order valence-electron chi connectivity index (χ4n) is 5.82. The predicted octanol–water partition coefficient (Wildman–Crippen LogP) is 6.54. The van der Waals surface area contributed by atoms with E-state index in [2.05, 4.69) is 20.1 Å². The lowest BCUT2D eigenvalue weighted by Crippen LogP contribution is -2.29. The zero-order chi connectivity index (χ0) is 24.9. The van der Waals surface area contributed by atoms with Gasteiger partial charge in [0.1, 0.15) is 6.10 Å². The van der Waals surface area contributed by atoms with E-state index in [0.29, 0.717) is 17.9 Å². The molecule has 1 unspecified atom stereocenters. The lowest BCUT2D eigenvalue weighted by atomic mass is 9.68. The molecule has 5 heteroatoms. The Morgan fingerprint density at radius 3 is 2.03 bits per heavy atom. The molecular weight excluding hydrogens is 428 g/mol. The van der Waals surface area contributed by atoms with Crippen LogP contribution in [0.25, 0.3) is 0 Å². The van der Waals surface area contributed by atoms with Gasteiger partial charge in [0.2, 0.25) is 0 Å². The number of ether oxygens (including phenoxy) is 2. The fourth-order valence-corrected chi connectivity index (χ4v) is 5.82. The highest BCUT2D eigenvalue weighted by Crippen LogP contribution is 2.43. The number of hydrogen-bond acceptors (Lipinski definition) is 5. The number of aliphatic hydroxyl groups excluding tert-OH is 1. The van der Waals surface area contributed by atoms with Crippen LogP contribution in [-0.2, 0) is 19.1 Å². The predicted molar refractivity (Wildman–Crippen MR) is 136 cm³/mol. The average Bonchev–Trinajstić information content (AvgIpc) is 2.84. The molecule has 2 saturated carbocycles. The third-order valence-corrected chi connectivity index (χ3v) is 8.04. The van der Waals surface area contributed by atoms with E-state index in [-0.39, 0.29) is 24.3 Å². The highest BCUT2D eigenvalue weighted by atomic mass is 16.6. The van der Waals surface area contributed by atoms with E-state index in [0.717, 1.165) is 24.2 Å². The van der Waals surface area contributed by atoms with Crippen LogP contribution in [0.2, 0.25) is 0 Å². The van der Waals surface area contributed by atoms with Crippen LogP contribution in [0, 0.1) is 23.7 Å². The number of hydrogen-bond donors (Lipinski definition) is 1. The van der Waals surface area contributed by atoms with Crippen molar-refractivity contribution in [3.63, 3.8) is 0 Å². The topological polar surface area (TPSA) is 72.8 Å². The van der Waals surface area contributed by atoms with E-state index in [1.807, 2.05) is 0 Å². The van der Waals surface area contributed by atoms with E-state index in [4.69, 9.17) is 14.6 Å². The van der Waals surface area contributed by atoms with Crippen LogP contribution in [0.5, 0.6) is 0 Å². The highest BCUT2D eigenvalue weighted by Gasteiger charge is 2.32. The molecule has 34 heavy (non-hydrogen) atoms. The Morgan fingerprint density at radius 1 is 0.912 bits per heavy atom. The maximum atomic E-state index is 12.1. The SMILES string of the molecule is C=C(C)C(=O)OC(CCOC(=O)C(=C)CO)CC1CCC(C2CCC(CCCCC)CC2)CC1. The molecule has 0 saturated heterocycles. The molecule has 0 heterocycles. The first-order valence-corrected chi connectivity index (χ1v) is 13.7. The minimum absolute atomic E-state index is 0.0313. The van der Waals surface area contributed by atoms with Crippen LogP contribution in [0.4, 0.5) is 0 Å². The monoisotopic (exact) mass is 476 g/mol. The molecular formula is C29H48O5. The lowest BCUT2D eigenvalue weighted by Gasteiger charge is -2.38. The Labute approximate surface area is 207 Å². The standard InChI is InChI=1S/C29H48O5/c1-5-6-7-8-23-9-13-25(14-10-23)26-15-11-24(12-16-26)19-27(34-28(31)21(2)3)17-18-33-29(32)22(4)20-30/h23-27,30H,2,4-20H2,1,3H3. The highest BCUT2D eigenvalue weighted by molar-refractivity contribution is 5.88. The van der Waals surface area contributed by atoms with Crippen molar-refractivity contribution in [1.82, 2.24) is 0 Å². The summed E-state index contributed by atoms with van der Waals surface area (Å²) in [6.45, 7) is 10.8. The molecule has 1 N–H and O–H groups in total. The Morgan fingerprint density at radius 2 is 1.50 bits per heavy atom. The largest absolute Gasteiger partial charge is 0.462 e. The van der Waals surface area contributed by atoms with Gasteiger partial charge in [0.15, 0.2) is 0 Å². The van der Waals surface area contributed by atoms with Gasteiger partial charge in [0.05, 0.1) is 18.8 Å². The summed E-state index contributed by atoms with van der Waals surface area (Å²) in [6.07, 6.45) is 17.1. The summed E-state index contributed by atoms with van der Waals surface area (Å²) in [6, 6.07) is 0. The second-order valence-electron chi connectivity index (χ2n) is 10.8. The van der Waals surface area contributed by atoms with Crippen LogP contribution in [0.3, 0.4) is 0 Å². The number of esters is 2. The third-order valence-electron chi connectivity index (χ3n) is 8.04. The van der Waals surface area contributed by atoms with E-state index >= 15 is 0 Å². The Hall–Kier alpha value is -1.62. The van der Waals surface area contributed by atoms with E-state index in [1.54, 1.807) is 6.92 Å². The summed E-state index contributed by atoms with van der Waals surface area (Å²) in [5.41, 5.74) is 0.411. The van der Waals surface area contributed by atoms with Crippen LogP contribution in [-0.4, -0.2) is 36.4 Å². The van der Waals surface area contributed by atoms with Gasteiger partial charge in [-0.05, 0) is 62.7 Å². The molecule has 0 aliphatic heterocycles. The van der Waals surface area contributed by atoms with Gasteiger partial charge < -0.3 is 14.6 Å². The number of aliphatic hydroxyl groups is 1. The first-order valence-electron chi connectivity index (χ1n) is 13.7. The summed E-state index contributed by atoms with van der Waals surface area (Å²) < 4.78 is 10.9.